The molecule has 2 heterocycles. The molecule has 2 rings (SSSR count). The monoisotopic (exact) mass is 374 g/mol. The maximum Gasteiger partial charge on any atom is 1.00 e. The molecule has 0 N–H and O–H groups in total. The molecule has 2 aromatic heterocycles. The zero-order valence-corrected chi connectivity index (χ0v) is 18.4. The third kappa shape index (κ3) is 6.98. The maximum atomic E-state index is 10.8. The van der Waals surface area contributed by atoms with Crippen LogP contribution in [0.2, 0.25) is 0 Å². The second kappa shape index (κ2) is 11.2. The molecule has 1 atom stereocenters. The summed E-state index contributed by atoms with van der Waals surface area (Å²) < 4.78 is 0.595. The first-order chi connectivity index (χ1) is 9.56. The molecule has 0 aliphatic rings. The first-order valence-corrected chi connectivity index (χ1v) is 8.15. The molecule has 1 unspecified atom stereocenters. The predicted molar refractivity (Wildman–Crippen MR) is 72.1 cm³/mol. The van der Waals surface area contributed by atoms with Gasteiger partial charge in [-0.05, 0) is 17.9 Å². The summed E-state index contributed by atoms with van der Waals surface area (Å²) in [6.45, 7) is 0. The third-order valence-electron chi connectivity index (χ3n) is 2.29. The standard InChI is InChI=1S/C11H10N2O4S3.2Na/c14-8(15)4-6(10(16)17)5-19-11-13-12-9(20-11)7-2-1-3-18-7;;/h1-3,6H,4-5H2,(H,14,15)(H,16,17);;/q;2*+1/p-2. The van der Waals surface area contributed by atoms with Crippen LogP contribution in [-0.2, 0) is 9.59 Å². The molecule has 0 radical (unpaired) electrons. The minimum absolute atomic E-state index is 0. The molecular formula is C11H8N2Na2O4S3. The summed E-state index contributed by atoms with van der Waals surface area (Å²) >= 11 is 4.03. The van der Waals surface area contributed by atoms with Gasteiger partial charge in [0.1, 0.15) is 0 Å². The van der Waals surface area contributed by atoms with Gasteiger partial charge in [-0.1, -0.05) is 29.2 Å². The number of thioether (sulfide) groups is 1. The Labute approximate surface area is 183 Å². The van der Waals surface area contributed by atoms with Gasteiger partial charge >= 0.3 is 59.1 Å². The van der Waals surface area contributed by atoms with E-state index in [1.165, 1.54) is 22.7 Å². The zero-order valence-electron chi connectivity index (χ0n) is 12.0. The number of aliphatic carboxylic acids is 2. The molecule has 0 amide bonds. The number of hydrogen-bond acceptors (Lipinski definition) is 9. The summed E-state index contributed by atoms with van der Waals surface area (Å²) in [5.41, 5.74) is 0. The van der Waals surface area contributed by atoms with Gasteiger partial charge < -0.3 is 19.8 Å². The normalized spacial score (nSPS) is 11.1. The van der Waals surface area contributed by atoms with Gasteiger partial charge in [-0.15, -0.1) is 21.5 Å². The average Bonchev–Trinajstić information content (AvgIpc) is 3.03. The number of thiophene rings is 1. The summed E-state index contributed by atoms with van der Waals surface area (Å²) in [7, 11) is 0. The Morgan fingerprint density at radius 3 is 2.55 bits per heavy atom. The fraction of sp³-hybridized carbons (Fsp3) is 0.273. The Morgan fingerprint density at radius 1 is 1.27 bits per heavy atom. The van der Waals surface area contributed by atoms with Crippen molar-refractivity contribution < 1.29 is 78.9 Å². The van der Waals surface area contributed by atoms with Crippen molar-refractivity contribution in [3.05, 3.63) is 17.5 Å². The Morgan fingerprint density at radius 2 is 2.00 bits per heavy atom. The van der Waals surface area contributed by atoms with Crippen molar-refractivity contribution in [1.82, 2.24) is 10.2 Å². The predicted octanol–water partition coefficient (Wildman–Crippen LogP) is -6.13. The Kier molecular flexibility index (Phi) is 11.4. The van der Waals surface area contributed by atoms with Crippen LogP contribution in [0.15, 0.2) is 21.9 Å². The van der Waals surface area contributed by atoms with Crippen molar-refractivity contribution >= 4 is 46.4 Å². The van der Waals surface area contributed by atoms with E-state index in [1.807, 2.05) is 17.5 Å². The molecule has 11 heteroatoms. The Bertz CT molecular complexity index is 606. The second-order valence-corrected chi connectivity index (χ2v) is 6.95. The molecule has 0 spiro atoms. The van der Waals surface area contributed by atoms with Crippen LogP contribution in [0, 0.1) is 5.92 Å². The van der Waals surface area contributed by atoms with E-state index < -0.39 is 24.3 Å². The van der Waals surface area contributed by atoms with Crippen LogP contribution in [0.1, 0.15) is 6.42 Å². The number of carboxylic acid groups (broad SMARTS) is 2. The Balaban J connectivity index is 0.00000220. The smallest absolute Gasteiger partial charge is 0.550 e. The van der Waals surface area contributed by atoms with Gasteiger partial charge in [0.2, 0.25) is 0 Å². The number of nitrogens with zero attached hydrogens (tertiary/aromatic N) is 2. The minimum Gasteiger partial charge on any atom is -0.550 e. The van der Waals surface area contributed by atoms with Crippen molar-refractivity contribution in [1.29, 1.82) is 0 Å². The number of carbonyl (C=O) groups excluding carboxylic acids is 2. The number of hydrogen-bond donors (Lipinski definition) is 0. The largest absolute Gasteiger partial charge is 1.00 e. The van der Waals surface area contributed by atoms with E-state index in [0.29, 0.717) is 4.34 Å². The van der Waals surface area contributed by atoms with Gasteiger partial charge in [0, 0.05) is 23.6 Å². The van der Waals surface area contributed by atoms with Crippen LogP contribution in [0.5, 0.6) is 0 Å². The Hall–Kier alpha value is 0.550. The van der Waals surface area contributed by atoms with Crippen molar-refractivity contribution in [2.24, 2.45) is 5.92 Å². The van der Waals surface area contributed by atoms with E-state index in [-0.39, 0.29) is 64.9 Å². The van der Waals surface area contributed by atoms with Crippen LogP contribution in [0.3, 0.4) is 0 Å². The molecule has 6 nitrogen and oxygen atoms in total. The summed E-state index contributed by atoms with van der Waals surface area (Å²) in [5, 5.41) is 31.9. The maximum absolute atomic E-state index is 10.8. The number of carbonyl (C=O) groups is 2. The van der Waals surface area contributed by atoms with E-state index in [2.05, 4.69) is 10.2 Å². The fourth-order valence-corrected chi connectivity index (χ4v) is 4.09. The summed E-state index contributed by atoms with van der Waals surface area (Å²) in [6, 6.07) is 3.82. The first-order valence-electron chi connectivity index (χ1n) is 5.47. The first kappa shape index (κ1) is 22.6. The van der Waals surface area contributed by atoms with Crippen molar-refractivity contribution in [3.8, 4) is 9.88 Å². The van der Waals surface area contributed by atoms with Crippen molar-refractivity contribution in [2.75, 3.05) is 5.75 Å². The van der Waals surface area contributed by atoms with Gasteiger partial charge in [-0.3, -0.25) is 0 Å². The van der Waals surface area contributed by atoms with E-state index >= 15 is 0 Å². The van der Waals surface area contributed by atoms with Gasteiger partial charge in [0.15, 0.2) is 9.35 Å². The zero-order chi connectivity index (χ0) is 14.5. The molecule has 0 aliphatic carbocycles. The molecule has 0 aromatic carbocycles. The molecule has 0 bridgehead atoms. The molecule has 0 fully saturated rings. The quantitative estimate of drug-likeness (QED) is 0.351. The topological polar surface area (TPSA) is 106 Å². The second-order valence-electron chi connectivity index (χ2n) is 3.75. The van der Waals surface area contributed by atoms with Crippen LogP contribution >= 0.6 is 34.4 Å². The van der Waals surface area contributed by atoms with E-state index in [0.717, 1.165) is 21.6 Å². The third-order valence-corrected chi connectivity index (χ3v) is 5.55. The van der Waals surface area contributed by atoms with Gasteiger partial charge in [-0.25, -0.2) is 0 Å². The average molecular weight is 374 g/mol. The summed E-state index contributed by atoms with van der Waals surface area (Å²) in [4.78, 5) is 22.2. The molecular weight excluding hydrogens is 366 g/mol. The molecule has 106 valence electrons. The molecule has 0 saturated carbocycles. The molecule has 22 heavy (non-hydrogen) atoms. The summed E-state index contributed by atoms with van der Waals surface area (Å²) in [6.07, 6.45) is -0.564. The molecule has 0 aliphatic heterocycles. The van der Waals surface area contributed by atoms with Gasteiger partial charge in [0.25, 0.3) is 0 Å². The fourth-order valence-electron chi connectivity index (χ4n) is 1.35. The number of carboxylic acids is 2. The molecule has 2 aromatic rings. The van der Waals surface area contributed by atoms with Gasteiger partial charge in [0.05, 0.1) is 4.88 Å². The van der Waals surface area contributed by atoms with Crippen LogP contribution < -0.4 is 69.3 Å². The molecule has 0 saturated heterocycles. The van der Waals surface area contributed by atoms with E-state index in [4.69, 9.17) is 0 Å². The van der Waals surface area contributed by atoms with Crippen LogP contribution in [-0.4, -0.2) is 27.9 Å². The minimum atomic E-state index is -1.41. The van der Waals surface area contributed by atoms with Crippen LogP contribution in [0.25, 0.3) is 9.88 Å². The van der Waals surface area contributed by atoms with Crippen molar-refractivity contribution in [3.63, 3.8) is 0 Å². The number of aromatic nitrogens is 2. The number of rotatable bonds is 7. The SMILES string of the molecule is O=C([O-])CC(CSc1nnc(-c2cccs2)s1)C(=O)[O-].[Na+].[Na+]. The van der Waals surface area contributed by atoms with E-state index in [1.54, 1.807) is 0 Å². The van der Waals surface area contributed by atoms with E-state index in [9.17, 15) is 19.8 Å². The van der Waals surface area contributed by atoms with Crippen molar-refractivity contribution in [2.45, 2.75) is 10.8 Å². The van der Waals surface area contributed by atoms with Crippen LogP contribution in [0.4, 0.5) is 0 Å². The summed E-state index contributed by atoms with van der Waals surface area (Å²) in [5.74, 6) is -3.84. The van der Waals surface area contributed by atoms with Gasteiger partial charge in [-0.2, -0.15) is 0 Å².